The molecule has 0 spiro atoms. The average molecular weight is 261 g/mol. The molecular weight excluding hydrogens is 242 g/mol. The summed E-state index contributed by atoms with van der Waals surface area (Å²) in [7, 11) is 0. The number of thiophene rings is 1. The molecule has 0 fully saturated rings. The van der Waals surface area contributed by atoms with Gasteiger partial charge in [-0.05, 0) is 23.4 Å². The molecule has 0 aliphatic carbocycles. The molecule has 2 N–H and O–H groups in total. The lowest BCUT2D eigenvalue weighted by Crippen LogP contribution is -2.24. The highest BCUT2D eigenvalue weighted by molar-refractivity contribution is 7.10. The van der Waals surface area contributed by atoms with Crippen molar-refractivity contribution in [1.82, 2.24) is 5.32 Å². The van der Waals surface area contributed by atoms with Gasteiger partial charge in [0, 0.05) is 23.0 Å². The van der Waals surface area contributed by atoms with Crippen molar-refractivity contribution in [3.8, 4) is 5.75 Å². The Morgan fingerprint density at radius 3 is 2.56 bits per heavy atom. The van der Waals surface area contributed by atoms with Gasteiger partial charge >= 0.3 is 0 Å². The van der Waals surface area contributed by atoms with Gasteiger partial charge in [-0.3, -0.25) is 0 Å². The minimum Gasteiger partial charge on any atom is -0.508 e. The van der Waals surface area contributed by atoms with E-state index >= 15 is 0 Å². The van der Waals surface area contributed by atoms with Gasteiger partial charge in [-0.1, -0.05) is 38.1 Å². The van der Waals surface area contributed by atoms with Crippen molar-refractivity contribution in [1.29, 1.82) is 0 Å². The number of phenols is 1. The van der Waals surface area contributed by atoms with Gasteiger partial charge in [-0.2, -0.15) is 0 Å². The van der Waals surface area contributed by atoms with Gasteiger partial charge in [0.15, 0.2) is 0 Å². The second kappa shape index (κ2) is 6.03. The zero-order chi connectivity index (χ0) is 13.0. The van der Waals surface area contributed by atoms with E-state index in [0.29, 0.717) is 24.3 Å². The van der Waals surface area contributed by atoms with E-state index in [1.807, 2.05) is 18.2 Å². The van der Waals surface area contributed by atoms with Gasteiger partial charge in [-0.15, -0.1) is 11.3 Å². The summed E-state index contributed by atoms with van der Waals surface area (Å²) < 4.78 is 0. The first kappa shape index (κ1) is 13.1. The van der Waals surface area contributed by atoms with Gasteiger partial charge in [0.25, 0.3) is 0 Å². The van der Waals surface area contributed by atoms with E-state index in [0.717, 1.165) is 5.56 Å². The van der Waals surface area contributed by atoms with Gasteiger partial charge in [0.05, 0.1) is 0 Å². The van der Waals surface area contributed by atoms with E-state index in [2.05, 4.69) is 36.7 Å². The number of hydrogen-bond donors (Lipinski definition) is 2. The van der Waals surface area contributed by atoms with Crippen molar-refractivity contribution in [2.24, 2.45) is 5.92 Å². The fourth-order valence-corrected chi connectivity index (χ4v) is 2.99. The number of rotatable bonds is 5. The van der Waals surface area contributed by atoms with E-state index in [1.54, 1.807) is 17.4 Å². The quantitative estimate of drug-likeness (QED) is 0.854. The molecule has 18 heavy (non-hydrogen) atoms. The Morgan fingerprint density at radius 1 is 1.17 bits per heavy atom. The van der Waals surface area contributed by atoms with Crippen LogP contribution in [0.1, 0.15) is 30.3 Å². The number of phenolic OH excluding ortho intramolecular Hbond substituents is 1. The summed E-state index contributed by atoms with van der Waals surface area (Å²) in [6.45, 7) is 5.11. The largest absolute Gasteiger partial charge is 0.508 e. The lowest BCUT2D eigenvalue weighted by atomic mass is 10.0. The molecule has 1 atom stereocenters. The molecule has 0 aliphatic heterocycles. The van der Waals surface area contributed by atoms with Crippen LogP contribution in [0, 0.1) is 5.92 Å². The van der Waals surface area contributed by atoms with Crippen LogP contribution < -0.4 is 5.32 Å². The standard InChI is InChI=1S/C15H19NOS/c1-11(2)15(14-8-5-9-18-14)16-10-12-6-3-4-7-13(12)17/h3-9,11,15-17H,10H2,1-2H3. The van der Waals surface area contributed by atoms with Crippen molar-refractivity contribution in [2.45, 2.75) is 26.4 Å². The van der Waals surface area contributed by atoms with Crippen LogP contribution in [0.5, 0.6) is 5.75 Å². The summed E-state index contributed by atoms with van der Waals surface area (Å²) in [5, 5.41) is 15.4. The van der Waals surface area contributed by atoms with Crippen LogP contribution in [0.4, 0.5) is 0 Å². The van der Waals surface area contributed by atoms with E-state index in [-0.39, 0.29) is 0 Å². The molecule has 2 rings (SSSR count). The highest BCUT2D eigenvalue weighted by Gasteiger charge is 2.16. The third-order valence-corrected chi connectivity index (χ3v) is 3.98. The molecule has 0 aliphatic rings. The van der Waals surface area contributed by atoms with Crippen molar-refractivity contribution < 1.29 is 5.11 Å². The zero-order valence-corrected chi connectivity index (χ0v) is 11.6. The van der Waals surface area contributed by atoms with E-state index < -0.39 is 0 Å². The molecule has 0 saturated heterocycles. The molecule has 1 aromatic heterocycles. The molecule has 3 heteroatoms. The third-order valence-electron chi connectivity index (χ3n) is 3.02. The number of aromatic hydroxyl groups is 1. The second-order valence-electron chi connectivity index (χ2n) is 4.75. The second-order valence-corrected chi connectivity index (χ2v) is 5.73. The summed E-state index contributed by atoms with van der Waals surface area (Å²) in [5.41, 5.74) is 0.944. The minimum absolute atomic E-state index is 0.338. The highest BCUT2D eigenvalue weighted by atomic mass is 32.1. The van der Waals surface area contributed by atoms with Crippen LogP contribution in [-0.4, -0.2) is 5.11 Å². The lowest BCUT2D eigenvalue weighted by Gasteiger charge is -2.21. The van der Waals surface area contributed by atoms with Gasteiger partial charge in [0.2, 0.25) is 0 Å². The van der Waals surface area contributed by atoms with Crippen molar-refractivity contribution in [2.75, 3.05) is 0 Å². The minimum atomic E-state index is 0.338. The Balaban J connectivity index is 2.05. The number of para-hydroxylation sites is 1. The van der Waals surface area contributed by atoms with Crippen molar-refractivity contribution >= 4 is 11.3 Å². The van der Waals surface area contributed by atoms with Gasteiger partial charge in [0.1, 0.15) is 5.75 Å². The first-order valence-corrected chi connectivity index (χ1v) is 7.10. The van der Waals surface area contributed by atoms with E-state index in [9.17, 15) is 5.11 Å². The van der Waals surface area contributed by atoms with Crippen LogP contribution in [0.15, 0.2) is 41.8 Å². The Hall–Kier alpha value is -1.32. The van der Waals surface area contributed by atoms with Gasteiger partial charge < -0.3 is 10.4 Å². The zero-order valence-electron chi connectivity index (χ0n) is 10.8. The summed E-state index contributed by atoms with van der Waals surface area (Å²) in [6.07, 6.45) is 0. The van der Waals surface area contributed by atoms with Crippen LogP contribution in [0.2, 0.25) is 0 Å². The molecule has 2 aromatic rings. The lowest BCUT2D eigenvalue weighted by molar-refractivity contribution is 0.407. The molecule has 0 saturated carbocycles. The van der Waals surface area contributed by atoms with Crippen LogP contribution >= 0.6 is 11.3 Å². The van der Waals surface area contributed by atoms with Crippen LogP contribution in [-0.2, 0) is 6.54 Å². The Labute approximate surface area is 112 Å². The Kier molecular flexibility index (Phi) is 4.39. The maximum atomic E-state index is 9.76. The molecule has 96 valence electrons. The van der Waals surface area contributed by atoms with Crippen molar-refractivity contribution in [3.05, 3.63) is 52.2 Å². The first-order chi connectivity index (χ1) is 8.68. The third kappa shape index (κ3) is 3.12. The number of nitrogens with one attached hydrogen (secondary N) is 1. The number of benzene rings is 1. The van der Waals surface area contributed by atoms with Crippen LogP contribution in [0.3, 0.4) is 0 Å². The molecular formula is C15H19NOS. The molecule has 0 bridgehead atoms. The number of hydrogen-bond acceptors (Lipinski definition) is 3. The SMILES string of the molecule is CC(C)C(NCc1ccccc1O)c1cccs1. The fraction of sp³-hybridized carbons (Fsp3) is 0.333. The molecule has 0 radical (unpaired) electrons. The molecule has 0 amide bonds. The molecule has 1 aromatic carbocycles. The molecule has 1 heterocycles. The molecule has 1 unspecified atom stereocenters. The predicted octanol–water partition coefficient (Wildman–Crippen LogP) is 3.94. The maximum absolute atomic E-state index is 9.76. The first-order valence-electron chi connectivity index (χ1n) is 6.22. The summed E-state index contributed by atoms with van der Waals surface area (Å²) in [6, 6.07) is 12.1. The van der Waals surface area contributed by atoms with Crippen LogP contribution in [0.25, 0.3) is 0 Å². The van der Waals surface area contributed by atoms with Crippen molar-refractivity contribution in [3.63, 3.8) is 0 Å². The monoisotopic (exact) mass is 261 g/mol. The maximum Gasteiger partial charge on any atom is 0.120 e. The average Bonchev–Trinajstić information content (AvgIpc) is 2.85. The summed E-state index contributed by atoms with van der Waals surface area (Å²) in [4.78, 5) is 1.35. The Bertz CT molecular complexity index is 479. The smallest absolute Gasteiger partial charge is 0.120 e. The summed E-state index contributed by atoms with van der Waals surface area (Å²) in [5.74, 6) is 0.883. The topological polar surface area (TPSA) is 32.3 Å². The summed E-state index contributed by atoms with van der Waals surface area (Å²) >= 11 is 1.77. The predicted molar refractivity (Wildman–Crippen MR) is 76.8 cm³/mol. The normalized spacial score (nSPS) is 12.8. The Morgan fingerprint density at radius 2 is 1.94 bits per heavy atom. The van der Waals surface area contributed by atoms with E-state index in [4.69, 9.17) is 0 Å². The van der Waals surface area contributed by atoms with Gasteiger partial charge in [-0.25, -0.2) is 0 Å². The molecule has 2 nitrogen and oxygen atoms in total. The van der Waals surface area contributed by atoms with E-state index in [1.165, 1.54) is 4.88 Å². The highest BCUT2D eigenvalue weighted by Crippen LogP contribution is 2.26. The fourth-order valence-electron chi connectivity index (χ4n) is 2.01.